The maximum Gasteiger partial charge on any atom is 0.303 e. The number of ketones is 1. The van der Waals surface area contributed by atoms with E-state index < -0.39 is 5.97 Å². The quantitative estimate of drug-likeness (QED) is 0.0699. The summed E-state index contributed by atoms with van der Waals surface area (Å²) in [5.41, 5.74) is 0. The number of carboxylic acid groups (broad SMARTS) is 1. The molecule has 3 nitrogen and oxygen atoms in total. The van der Waals surface area contributed by atoms with E-state index in [9.17, 15) is 9.59 Å². The van der Waals surface area contributed by atoms with Crippen molar-refractivity contribution in [3.8, 4) is 0 Å². The molecular weight excluding hydrogens is 492 g/mol. The van der Waals surface area contributed by atoms with Gasteiger partial charge in [0.05, 0.1) is 0 Å². The summed E-state index contributed by atoms with van der Waals surface area (Å²) in [6, 6.07) is 0. The van der Waals surface area contributed by atoms with Gasteiger partial charge in [0.25, 0.3) is 0 Å². The first-order chi connectivity index (χ1) is 19.5. The monoisotopic (exact) mass is 563 g/mol. The van der Waals surface area contributed by atoms with Gasteiger partial charge in [-0.25, -0.2) is 0 Å². The molecule has 0 radical (unpaired) electrons. The van der Waals surface area contributed by atoms with Gasteiger partial charge in [-0.2, -0.15) is 0 Å². The molecule has 1 N–H and O–H groups in total. The Labute approximate surface area is 251 Å². The SMILES string of the molecule is CCCCCCCC/C=C\CCCCCCCC(=O)O.CCCCCCCC/C=C\CCCCCCCC(C)=O. The van der Waals surface area contributed by atoms with Gasteiger partial charge in [-0.1, -0.05) is 141 Å². The molecule has 0 unspecified atom stereocenters. The summed E-state index contributed by atoms with van der Waals surface area (Å²) in [6.45, 7) is 6.22. The van der Waals surface area contributed by atoms with Crippen molar-refractivity contribution in [3.63, 3.8) is 0 Å². The highest BCUT2D eigenvalue weighted by Crippen LogP contribution is 2.11. The number of hydrogen-bond acceptors (Lipinski definition) is 2. The number of carbonyl (C=O) groups is 2. The Bertz CT molecular complexity index is 514. The summed E-state index contributed by atoms with van der Waals surface area (Å²) < 4.78 is 0. The van der Waals surface area contributed by atoms with E-state index in [-0.39, 0.29) is 0 Å². The predicted octanol–water partition coefficient (Wildman–Crippen LogP) is 12.7. The zero-order chi connectivity index (χ0) is 29.8. The average Bonchev–Trinajstić information content (AvgIpc) is 2.93. The maximum absolute atomic E-state index is 10.8. The molecule has 3 heteroatoms. The third-order valence-corrected chi connectivity index (χ3v) is 7.44. The minimum absolute atomic E-state index is 0.332. The molecule has 0 heterocycles. The second kappa shape index (κ2) is 37.6. The largest absolute Gasteiger partial charge is 0.481 e. The molecule has 0 rings (SSSR count). The molecule has 0 aromatic carbocycles. The molecule has 0 amide bonds. The van der Waals surface area contributed by atoms with Gasteiger partial charge in [0.15, 0.2) is 0 Å². The van der Waals surface area contributed by atoms with Crippen LogP contribution in [0, 0.1) is 0 Å². The Balaban J connectivity index is 0. The first-order valence-corrected chi connectivity index (χ1v) is 17.6. The third-order valence-electron chi connectivity index (χ3n) is 7.44. The highest BCUT2D eigenvalue weighted by molar-refractivity contribution is 5.75. The lowest BCUT2D eigenvalue weighted by molar-refractivity contribution is -0.137. The van der Waals surface area contributed by atoms with E-state index in [0.717, 1.165) is 25.7 Å². The summed E-state index contributed by atoms with van der Waals surface area (Å²) in [5, 5.41) is 8.51. The highest BCUT2D eigenvalue weighted by atomic mass is 16.4. The van der Waals surface area contributed by atoms with E-state index in [0.29, 0.717) is 12.2 Å². The number of carbonyl (C=O) groups excluding carboxylic acids is 1. The molecule has 0 fully saturated rings. The molecule has 236 valence electrons. The van der Waals surface area contributed by atoms with Gasteiger partial charge in [-0.05, 0) is 71.1 Å². The van der Waals surface area contributed by atoms with Gasteiger partial charge in [-0.15, -0.1) is 0 Å². The van der Waals surface area contributed by atoms with Crippen LogP contribution in [-0.4, -0.2) is 16.9 Å². The van der Waals surface area contributed by atoms with Crippen LogP contribution in [0.5, 0.6) is 0 Å². The van der Waals surface area contributed by atoms with Crippen LogP contribution < -0.4 is 0 Å². The topological polar surface area (TPSA) is 54.4 Å². The number of rotatable bonds is 30. The van der Waals surface area contributed by atoms with Crippen molar-refractivity contribution >= 4 is 11.8 Å². The van der Waals surface area contributed by atoms with Gasteiger partial charge in [-0.3, -0.25) is 4.79 Å². The molecule has 0 aromatic rings. The van der Waals surface area contributed by atoms with Gasteiger partial charge < -0.3 is 9.90 Å². The summed E-state index contributed by atoms with van der Waals surface area (Å²) in [5.74, 6) is -0.328. The van der Waals surface area contributed by atoms with E-state index in [1.165, 1.54) is 148 Å². The van der Waals surface area contributed by atoms with Crippen molar-refractivity contribution in [1.82, 2.24) is 0 Å². The smallest absolute Gasteiger partial charge is 0.303 e. The molecule has 40 heavy (non-hydrogen) atoms. The maximum atomic E-state index is 10.8. The summed E-state index contributed by atoms with van der Waals surface area (Å²) in [4.78, 5) is 21.1. The standard InChI is InChI=1S/C19H36O.C18H34O2/c1-3-4-5-6-7-8-9-10-11-12-13-14-15-16-17-18-19(2)20;1-2-3-4-5-6-7-8-9-10-11-12-13-14-15-16-17-18(19)20/h10-11H,3-9,12-18H2,1-2H3;9-10H,2-8,11-17H2,1H3,(H,19,20)/b11-10-;10-9-. The van der Waals surface area contributed by atoms with Gasteiger partial charge in [0.1, 0.15) is 5.78 Å². The lowest BCUT2D eigenvalue weighted by Gasteiger charge is -1.99. The van der Waals surface area contributed by atoms with Crippen molar-refractivity contribution in [2.45, 2.75) is 201 Å². The van der Waals surface area contributed by atoms with E-state index in [4.69, 9.17) is 5.11 Å². The van der Waals surface area contributed by atoms with Crippen molar-refractivity contribution < 1.29 is 14.7 Å². The molecule has 0 aliphatic rings. The van der Waals surface area contributed by atoms with Gasteiger partial charge >= 0.3 is 5.97 Å². The van der Waals surface area contributed by atoms with E-state index >= 15 is 0 Å². The van der Waals surface area contributed by atoms with Gasteiger partial charge in [0.2, 0.25) is 0 Å². The van der Waals surface area contributed by atoms with Crippen molar-refractivity contribution in [2.75, 3.05) is 0 Å². The van der Waals surface area contributed by atoms with Crippen LogP contribution in [0.15, 0.2) is 24.3 Å². The van der Waals surface area contributed by atoms with Crippen LogP contribution in [0.3, 0.4) is 0 Å². The summed E-state index contributed by atoms with van der Waals surface area (Å²) in [6.07, 6.45) is 43.8. The first kappa shape index (κ1) is 40.8. The Morgan fingerprint density at radius 3 is 1.00 bits per heavy atom. The number of hydrogen-bond donors (Lipinski definition) is 1. The second-order valence-electron chi connectivity index (χ2n) is 11.8. The molecule has 0 aliphatic carbocycles. The van der Waals surface area contributed by atoms with Crippen LogP contribution in [0.25, 0.3) is 0 Å². The highest BCUT2D eigenvalue weighted by Gasteiger charge is 1.96. The van der Waals surface area contributed by atoms with Gasteiger partial charge in [0, 0.05) is 12.8 Å². The number of allylic oxidation sites excluding steroid dienone is 4. The molecule has 0 saturated heterocycles. The summed E-state index contributed by atoms with van der Waals surface area (Å²) >= 11 is 0. The third kappa shape index (κ3) is 43.7. The number of carboxylic acids is 1. The van der Waals surface area contributed by atoms with Crippen LogP contribution in [0.1, 0.15) is 201 Å². The molecule has 0 aliphatic heterocycles. The minimum atomic E-state index is -0.664. The minimum Gasteiger partial charge on any atom is -0.481 e. The Hall–Kier alpha value is -1.38. The Morgan fingerprint density at radius 2 is 0.700 bits per heavy atom. The predicted molar refractivity (Wildman–Crippen MR) is 177 cm³/mol. The average molecular weight is 563 g/mol. The Kier molecular flexibility index (Phi) is 38.3. The normalized spacial score (nSPS) is 11.3. The summed E-state index contributed by atoms with van der Waals surface area (Å²) in [7, 11) is 0. The number of unbranched alkanes of at least 4 members (excludes halogenated alkanes) is 22. The number of aliphatic carboxylic acids is 1. The Morgan fingerprint density at radius 1 is 0.425 bits per heavy atom. The van der Waals surface area contributed by atoms with E-state index in [1.807, 2.05) is 0 Å². The molecule has 0 saturated carbocycles. The lowest BCUT2D eigenvalue weighted by atomic mass is 10.1. The van der Waals surface area contributed by atoms with Crippen molar-refractivity contribution in [2.24, 2.45) is 0 Å². The fraction of sp³-hybridized carbons (Fsp3) is 0.838. The van der Waals surface area contributed by atoms with Crippen LogP contribution in [-0.2, 0) is 9.59 Å². The van der Waals surface area contributed by atoms with E-state index in [1.54, 1.807) is 6.92 Å². The van der Waals surface area contributed by atoms with E-state index in [2.05, 4.69) is 38.2 Å². The fourth-order valence-electron chi connectivity index (χ4n) is 4.79. The first-order valence-electron chi connectivity index (χ1n) is 17.6. The molecular formula is C37H70O3. The molecule has 0 aromatic heterocycles. The second-order valence-corrected chi connectivity index (χ2v) is 11.8. The van der Waals surface area contributed by atoms with Crippen LogP contribution in [0.2, 0.25) is 0 Å². The van der Waals surface area contributed by atoms with Crippen molar-refractivity contribution in [3.05, 3.63) is 24.3 Å². The molecule has 0 atom stereocenters. The molecule has 0 bridgehead atoms. The van der Waals surface area contributed by atoms with Crippen molar-refractivity contribution in [1.29, 1.82) is 0 Å². The fourth-order valence-corrected chi connectivity index (χ4v) is 4.79. The number of Topliss-reactive ketones (excluding diaryl/α,β-unsaturated/α-hetero) is 1. The van der Waals surface area contributed by atoms with Crippen LogP contribution >= 0.6 is 0 Å². The zero-order valence-electron chi connectivity index (χ0n) is 27.4. The molecule has 0 spiro atoms. The lowest BCUT2D eigenvalue weighted by Crippen LogP contribution is -1.93. The zero-order valence-corrected chi connectivity index (χ0v) is 27.4. The van der Waals surface area contributed by atoms with Crippen LogP contribution in [0.4, 0.5) is 0 Å².